The third-order valence-corrected chi connectivity index (χ3v) is 2.28. The first-order valence-corrected chi connectivity index (χ1v) is 4.82. The molecular formula is C9H16N2O3. The molecule has 1 fully saturated rings. The Morgan fingerprint density at radius 3 is 2.57 bits per heavy atom. The number of carbonyl (C=O) groups is 2. The molecule has 0 atom stereocenters. The van der Waals surface area contributed by atoms with E-state index in [0.717, 1.165) is 19.6 Å². The van der Waals surface area contributed by atoms with Gasteiger partial charge in [0.25, 0.3) is 0 Å². The highest BCUT2D eigenvalue weighted by Crippen LogP contribution is 2.05. The molecule has 1 N–H and O–H groups in total. The number of nitrogens with zero attached hydrogens (tertiary/aromatic N) is 1. The van der Waals surface area contributed by atoms with Crippen LogP contribution in [0.15, 0.2) is 0 Å². The van der Waals surface area contributed by atoms with Gasteiger partial charge in [-0.2, -0.15) is 0 Å². The topological polar surface area (TPSA) is 58.6 Å². The molecule has 1 aliphatic heterocycles. The highest BCUT2D eigenvalue weighted by atomic mass is 16.5. The zero-order valence-electron chi connectivity index (χ0n) is 8.41. The van der Waals surface area contributed by atoms with E-state index in [-0.39, 0.29) is 0 Å². The molecule has 1 saturated heterocycles. The van der Waals surface area contributed by atoms with Crippen molar-refractivity contribution in [3.05, 3.63) is 0 Å². The average molecular weight is 200 g/mol. The Balaban J connectivity index is 2.08. The van der Waals surface area contributed by atoms with Gasteiger partial charge in [0.2, 0.25) is 0 Å². The Hall–Kier alpha value is -1.10. The van der Waals surface area contributed by atoms with Crippen molar-refractivity contribution in [1.82, 2.24) is 10.2 Å². The second kappa shape index (κ2) is 5.59. The summed E-state index contributed by atoms with van der Waals surface area (Å²) in [4.78, 5) is 23.9. The van der Waals surface area contributed by atoms with Gasteiger partial charge in [-0.05, 0) is 25.9 Å². The Bertz CT molecular complexity index is 212. The van der Waals surface area contributed by atoms with Gasteiger partial charge in [0.1, 0.15) is 0 Å². The SMILES string of the molecule is COC(=O)C(=O)NCCN1CCCC1. The highest BCUT2D eigenvalue weighted by Gasteiger charge is 2.14. The summed E-state index contributed by atoms with van der Waals surface area (Å²) in [7, 11) is 1.20. The summed E-state index contributed by atoms with van der Waals surface area (Å²) in [6.07, 6.45) is 2.45. The van der Waals surface area contributed by atoms with Crippen LogP contribution in [0.25, 0.3) is 0 Å². The van der Waals surface area contributed by atoms with E-state index in [1.807, 2.05) is 0 Å². The van der Waals surface area contributed by atoms with Gasteiger partial charge >= 0.3 is 11.9 Å². The average Bonchev–Trinajstić information content (AvgIpc) is 2.69. The van der Waals surface area contributed by atoms with Gasteiger partial charge in [-0.1, -0.05) is 0 Å². The molecule has 1 amide bonds. The summed E-state index contributed by atoms with van der Waals surface area (Å²) < 4.78 is 4.27. The lowest BCUT2D eigenvalue weighted by molar-refractivity contribution is -0.152. The Kier molecular flexibility index (Phi) is 4.39. The first-order chi connectivity index (χ1) is 6.74. The minimum Gasteiger partial charge on any atom is -0.462 e. The summed E-state index contributed by atoms with van der Waals surface area (Å²) in [5.74, 6) is -1.49. The van der Waals surface area contributed by atoms with Gasteiger partial charge < -0.3 is 15.0 Å². The van der Waals surface area contributed by atoms with Crippen LogP contribution >= 0.6 is 0 Å². The number of amides is 1. The van der Waals surface area contributed by atoms with E-state index in [0.29, 0.717) is 6.54 Å². The molecule has 0 aromatic heterocycles. The Labute approximate surface area is 83.4 Å². The summed E-state index contributed by atoms with van der Waals surface area (Å²) in [6.45, 7) is 3.50. The van der Waals surface area contributed by atoms with Crippen molar-refractivity contribution in [2.24, 2.45) is 0 Å². The molecule has 0 aromatic rings. The van der Waals surface area contributed by atoms with Crippen LogP contribution in [0.2, 0.25) is 0 Å². The summed E-state index contributed by atoms with van der Waals surface area (Å²) in [5.41, 5.74) is 0. The molecule has 0 radical (unpaired) electrons. The molecule has 0 unspecified atom stereocenters. The van der Waals surface area contributed by atoms with Gasteiger partial charge in [-0.25, -0.2) is 4.79 Å². The van der Waals surface area contributed by atoms with Gasteiger partial charge in [0, 0.05) is 13.1 Å². The molecule has 0 aromatic carbocycles. The van der Waals surface area contributed by atoms with Crippen LogP contribution < -0.4 is 5.32 Å². The quantitative estimate of drug-likeness (QED) is 0.487. The van der Waals surface area contributed by atoms with Crippen molar-refractivity contribution in [2.75, 3.05) is 33.3 Å². The highest BCUT2D eigenvalue weighted by molar-refractivity contribution is 6.32. The molecule has 0 saturated carbocycles. The number of esters is 1. The second-order valence-corrected chi connectivity index (χ2v) is 3.30. The molecule has 1 rings (SSSR count). The molecule has 14 heavy (non-hydrogen) atoms. The maximum atomic E-state index is 10.9. The van der Waals surface area contributed by atoms with Gasteiger partial charge in [0.05, 0.1) is 7.11 Å². The van der Waals surface area contributed by atoms with Crippen LogP contribution in [0.3, 0.4) is 0 Å². The first kappa shape index (κ1) is 11.0. The van der Waals surface area contributed by atoms with Crippen LogP contribution in [0.5, 0.6) is 0 Å². The molecule has 0 bridgehead atoms. The van der Waals surface area contributed by atoms with Crippen LogP contribution in [-0.2, 0) is 14.3 Å². The third-order valence-electron chi connectivity index (χ3n) is 2.28. The Morgan fingerprint density at radius 1 is 1.36 bits per heavy atom. The zero-order valence-corrected chi connectivity index (χ0v) is 8.41. The Morgan fingerprint density at radius 2 is 2.00 bits per heavy atom. The van der Waals surface area contributed by atoms with E-state index in [1.54, 1.807) is 0 Å². The zero-order chi connectivity index (χ0) is 10.4. The van der Waals surface area contributed by atoms with Crippen molar-refractivity contribution in [1.29, 1.82) is 0 Å². The van der Waals surface area contributed by atoms with Crippen LogP contribution in [-0.4, -0.2) is 50.1 Å². The standard InChI is InChI=1S/C9H16N2O3/c1-14-9(13)8(12)10-4-7-11-5-2-3-6-11/h2-7H2,1H3,(H,10,12). The van der Waals surface area contributed by atoms with E-state index in [2.05, 4.69) is 15.0 Å². The van der Waals surface area contributed by atoms with Crippen molar-refractivity contribution in [3.63, 3.8) is 0 Å². The van der Waals surface area contributed by atoms with E-state index in [4.69, 9.17) is 0 Å². The van der Waals surface area contributed by atoms with E-state index in [9.17, 15) is 9.59 Å². The number of methoxy groups -OCH3 is 1. The first-order valence-electron chi connectivity index (χ1n) is 4.82. The van der Waals surface area contributed by atoms with E-state index >= 15 is 0 Å². The predicted octanol–water partition coefficient (Wildman–Crippen LogP) is -0.629. The number of nitrogens with one attached hydrogen (secondary N) is 1. The molecule has 5 nitrogen and oxygen atoms in total. The number of hydrogen-bond acceptors (Lipinski definition) is 4. The fourth-order valence-corrected chi connectivity index (χ4v) is 1.50. The van der Waals surface area contributed by atoms with Crippen molar-refractivity contribution in [2.45, 2.75) is 12.8 Å². The van der Waals surface area contributed by atoms with Gasteiger partial charge in [-0.15, -0.1) is 0 Å². The number of rotatable bonds is 3. The molecular weight excluding hydrogens is 184 g/mol. The summed E-state index contributed by atoms with van der Waals surface area (Å²) in [5, 5.41) is 2.51. The maximum absolute atomic E-state index is 10.9. The lowest BCUT2D eigenvalue weighted by Crippen LogP contribution is -2.37. The molecule has 80 valence electrons. The fourth-order valence-electron chi connectivity index (χ4n) is 1.50. The van der Waals surface area contributed by atoms with Crippen LogP contribution in [0, 0.1) is 0 Å². The molecule has 1 aliphatic rings. The predicted molar refractivity (Wildman–Crippen MR) is 50.7 cm³/mol. The fraction of sp³-hybridized carbons (Fsp3) is 0.778. The minimum absolute atomic E-state index is 0.508. The van der Waals surface area contributed by atoms with Crippen molar-refractivity contribution < 1.29 is 14.3 Å². The molecule has 5 heteroatoms. The normalized spacial score (nSPS) is 16.6. The van der Waals surface area contributed by atoms with E-state index in [1.165, 1.54) is 20.0 Å². The summed E-state index contributed by atoms with van der Waals surface area (Å²) in [6, 6.07) is 0. The third kappa shape index (κ3) is 3.33. The minimum atomic E-state index is -0.827. The van der Waals surface area contributed by atoms with Crippen LogP contribution in [0.4, 0.5) is 0 Å². The number of carbonyl (C=O) groups excluding carboxylic acids is 2. The van der Waals surface area contributed by atoms with Crippen LogP contribution in [0.1, 0.15) is 12.8 Å². The number of ether oxygens (including phenoxy) is 1. The number of likely N-dealkylation sites (tertiary alicyclic amines) is 1. The maximum Gasteiger partial charge on any atom is 0.396 e. The number of hydrogen-bond donors (Lipinski definition) is 1. The van der Waals surface area contributed by atoms with Crippen molar-refractivity contribution in [3.8, 4) is 0 Å². The lowest BCUT2D eigenvalue weighted by Gasteiger charge is -2.13. The molecule has 0 spiro atoms. The largest absolute Gasteiger partial charge is 0.462 e. The summed E-state index contributed by atoms with van der Waals surface area (Å²) >= 11 is 0. The molecule has 0 aliphatic carbocycles. The van der Waals surface area contributed by atoms with E-state index < -0.39 is 11.9 Å². The molecule has 1 heterocycles. The monoisotopic (exact) mass is 200 g/mol. The van der Waals surface area contributed by atoms with Gasteiger partial charge in [-0.3, -0.25) is 4.79 Å². The van der Waals surface area contributed by atoms with Gasteiger partial charge in [0.15, 0.2) is 0 Å². The lowest BCUT2D eigenvalue weighted by atomic mass is 10.4. The smallest absolute Gasteiger partial charge is 0.396 e. The van der Waals surface area contributed by atoms with Crippen molar-refractivity contribution >= 4 is 11.9 Å². The second-order valence-electron chi connectivity index (χ2n) is 3.30.